The molecule has 23 heavy (non-hydrogen) atoms. The van der Waals surface area contributed by atoms with Crippen LogP contribution in [-0.4, -0.2) is 18.4 Å². The van der Waals surface area contributed by atoms with E-state index in [9.17, 15) is 14.0 Å². The number of hydrogen-bond acceptors (Lipinski definition) is 2. The highest BCUT2D eigenvalue weighted by Crippen LogP contribution is 2.27. The van der Waals surface area contributed by atoms with Gasteiger partial charge in [0.05, 0.1) is 5.02 Å². The molecule has 6 heteroatoms. The Balaban J connectivity index is 1.78. The van der Waals surface area contributed by atoms with Gasteiger partial charge in [0.15, 0.2) is 0 Å². The molecular formula is C17H14ClFN2O2. The summed E-state index contributed by atoms with van der Waals surface area (Å²) >= 11 is 5.67. The van der Waals surface area contributed by atoms with E-state index in [1.54, 1.807) is 0 Å². The van der Waals surface area contributed by atoms with E-state index in [0.29, 0.717) is 6.54 Å². The molecule has 0 atom stereocenters. The number of hydrogen-bond donors (Lipinski definition) is 1. The number of nitrogens with one attached hydrogen (secondary N) is 1. The third-order valence-electron chi connectivity index (χ3n) is 3.73. The highest BCUT2D eigenvalue weighted by molar-refractivity contribution is 6.44. The number of fused-ring (bicyclic) bond motifs is 1. The Bertz CT molecular complexity index is 779. The second-order valence-corrected chi connectivity index (χ2v) is 5.68. The minimum Gasteiger partial charge on any atom is -0.318 e. The van der Waals surface area contributed by atoms with Gasteiger partial charge in [-0.2, -0.15) is 0 Å². The summed E-state index contributed by atoms with van der Waals surface area (Å²) in [7, 11) is 0. The van der Waals surface area contributed by atoms with Crippen molar-refractivity contribution in [3.05, 3.63) is 58.9 Å². The Morgan fingerprint density at radius 3 is 2.74 bits per heavy atom. The molecule has 2 amide bonds. The van der Waals surface area contributed by atoms with Crippen molar-refractivity contribution in [1.29, 1.82) is 0 Å². The van der Waals surface area contributed by atoms with E-state index in [1.807, 2.05) is 24.3 Å². The maximum absolute atomic E-state index is 13.1. The van der Waals surface area contributed by atoms with Crippen LogP contribution < -0.4 is 10.2 Å². The molecule has 1 aliphatic heterocycles. The molecule has 0 radical (unpaired) electrons. The summed E-state index contributed by atoms with van der Waals surface area (Å²) in [5, 5.41) is 2.34. The SMILES string of the molecule is O=C(Nc1ccc(F)c(Cl)c1)C(=O)N1CCCc2ccccc21. The van der Waals surface area contributed by atoms with Gasteiger partial charge in [0, 0.05) is 17.9 Å². The minimum atomic E-state index is -0.774. The van der Waals surface area contributed by atoms with E-state index < -0.39 is 17.6 Å². The number of rotatable bonds is 1. The summed E-state index contributed by atoms with van der Waals surface area (Å²) in [6.45, 7) is 0.493. The van der Waals surface area contributed by atoms with E-state index >= 15 is 0 Å². The van der Waals surface area contributed by atoms with Gasteiger partial charge in [-0.3, -0.25) is 9.59 Å². The number of carbonyl (C=O) groups is 2. The van der Waals surface area contributed by atoms with E-state index in [1.165, 1.54) is 17.0 Å². The number of para-hydroxylation sites is 1. The van der Waals surface area contributed by atoms with Crippen LogP contribution >= 0.6 is 11.6 Å². The first kappa shape index (κ1) is 15.5. The van der Waals surface area contributed by atoms with Crippen molar-refractivity contribution in [2.45, 2.75) is 12.8 Å². The van der Waals surface area contributed by atoms with Crippen molar-refractivity contribution in [2.24, 2.45) is 0 Å². The number of aryl methyl sites for hydroxylation is 1. The van der Waals surface area contributed by atoms with Crippen molar-refractivity contribution in [1.82, 2.24) is 0 Å². The van der Waals surface area contributed by atoms with Crippen LogP contribution in [0, 0.1) is 5.82 Å². The average molecular weight is 333 g/mol. The summed E-state index contributed by atoms with van der Waals surface area (Å²) in [5.41, 5.74) is 2.08. The van der Waals surface area contributed by atoms with E-state index in [0.717, 1.165) is 30.2 Å². The monoisotopic (exact) mass is 332 g/mol. The summed E-state index contributed by atoms with van der Waals surface area (Å²) in [6.07, 6.45) is 1.69. The van der Waals surface area contributed by atoms with Crippen LogP contribution in [0.25, 0.3) is 0 Å². The predicted octanol–water partition coefficient (Wildman–Crippen LogP) is 3.40. The van der Waals surface area contributed by atoms with Gasteiger partial charge in [-0.05, 0) is 42.7 Å². The molecule has 2 aromatic rings. The Morgan fingerprint density at radius 1 is 1.17 bits per heavy atom. The molecule has 0 fully saturated rings. The van der Waals surface area contributed by atoms with Crippen LogP contribution in [0.5, 0.6) is 0 Å². The van der Waals surface area contributed by atoms with Crippen LogP contribution in [-0.2, 0) is 16.0 Å². The molecule has 0 bridgehead atoms. The second kappa shape index (κ2) is 6.38. The lowest BCUT2D eigenvalue weighted by atomic mass is 10.0. The highest BCUT2D eigenvalue weighted by Gasteiger charge is 2.27. The zero-order chi connectivity index (χ0) is 16.4. The van der Waals surface area contributed by atoms with Crippen LogP contribution in [0.4, 0.5) is 15.8 Å². The molecule has 3 rings (SSSR count). The van der Waals surface area contributed by atoms with Crippen molar-refractivity contribution in [3.63, 3.8) is 0 Å². The largest absolute Gasteiger partial charge is 0.318 e. The normalized spacial score (nSPS) is 13.4. The summed E-state index contributed by atoms with van der Waals surface area (Å²) < 4.78 is 13.1. The van der Waals surface area contributed by atoms with E-state index in [4.69, 9.17) is 11.6 Å². The smallest absolute Gasteiger partial charge is 0.316 e. The Morgan fingerprint density at radius 2 is 1.96 bits per heavy atom. The van der Waals surface area contributed by atoms with Gasteiger partial charge in [-0.25, -0.2) is 4.39 Å². The fourth-order valence-corrected chi connectivity index (χ4v) is 2.81. The molecule has 0 aromatic heterocycles. The number of halogens is 2. The van der Waals surface area contributed by atoms with Crippen molar-refractivity contribution >= 4 is 34.8 Å². The first-order chi connectivity index (χ1) is 11.1. The maximum atomic E-state index is 13.1. The molecule has 1 N–H and O–H groups in total. The maximum Gasteiger partial charge on any atom is 0.316 e. The van der Waals surface area contributed by atoms with Crippen molar-refractivity contribution < 1.29 is 14.0 Å². The number of benzene rings is 2. The highest BCUT2D eigenvalue weighted by atomic mass is 35.5. The zero-order valence-corrected chi connectivity index (χ0v) is 12.9. The minimum absolute atomic E-state index is 0.112. The number of anilines is 2. The van der Waals surface area contributed by atoms with Gasteiger partial charge >= 0.3 is 11.8 Å². The molecule has 0 spiro atoms. The Labute approximate surface area is 137 Å². The van der Waals surface area contributed by atoms with Crippen molar-refractivity contribution in [2.75, 3.05) is 16.8 Å². The lowest BCUT2D eigenvalue weighted by Gasteiger charge is -2.28. The molecule has 0 saturated heterocycles. The van der Waals surface area contributed by atoms with Crippen LogP contribution in [0.15, 0.2) is 42.5 Å². The summed E-state index contributed by atoms with van der Waals surface area (Å²) in [5.74, 6) is -2.00. The zero-order valence-electron chi connectivity index (χ0n) is 12.2. The second-order valence-electron chi connectivity index (χ2n) is 5.27. The van der Waals surface area contributed by atoms with Gasteiger partial charge in [0.1, 0.15) is 5.82 Å². The molecule has 4 nitrogen and oxygen atoms in total. The summed E-state index contributed by atoms with van der Waals surface area (Å²) in [6, 6.07) is 11.3. The van der Waals surface area contributed by atoms with Crippen LogP contribution in [0.1, 0.15) is 12.0 Å². The van der Waals surface area contributed by atoms with Gasteiger partial charge in [-0.15, -0.1) is 0 Å². The quantitative estimate of drug-likeness (QED) is 0.814. The van der Waals surface area contributed by atoms with E-state index in [-0.39, 0.29) is 10.7 Å². The van der Waals surface area contributed by atoms with Crippen LogP contribution in [0.2, 0.25) is 5.02 Å². The lowest BCUT2D eigenvalue weighted by molar-refractivity contribution is -0.134. The molecule has 118 valence electrons. The van der Waals surface area contributed by atoms with Gasteiger partial charge in [-0.1, -0.05) is 29.8 Å². The standard InChI is InChI=1S/C17H14ClFN2O2/c18-13-10-12(7-8-14(13)19)20-16(22)17(23)21-9-3-5-11-4-1-2-6-15(11)21/h1-2,4,6-8,10H,3,5,9H2,(H,20,22). The van der Waals surface area contributed by atoms with Gasteiger partial charge in [0.2, 0.25) is 0 Å². The Kier molecular flexibility index (Phi) is 4.30. The lowest BCUT2D eigenvalue weighted by Crippen LogP contribution is -2.42. The van der Waals surface area contributed by atoms with Gasteiger partial charge in [0.25, 0.3) is 0 Å². The predicted molar refractivity (Wildman–Crippen MR) is 87.2 cm³/mol. The first-order valence-electron chi connectivity index (χ1n) is 7.22. The molecule has 1 heterocycles. The fourth-order valence-electron chi connectivity index (χ4n) is 2.63. The Hall–Kier alpha value is -2.40. The number of nitrogens with zero attached hydrogens (tertiary/aromatic N) is 1. The molecule has 0 aliphatic carbocycles. The molecule has 1 aliphatic rings. The number of amides is 2. The molecule has 2 aromatic carbocycles. The van der Waals surface area contributed by atoms with Crippen LogP contribution in [0.3, 0.4) is 0 Å². The molecule has 0 unspecified atom stereocenters. The average Bonchev–Trinajstić information content (AvgIpc) is 2.57. The van der Waals surface area contributed by atoms with E-state index in [2.05, 4.69) is 5.32 Å². The third kappa shape index (κ3) is 3.19. The first-order valence-corrected chi connectivity index (χ1v) is 7.60. The molecule has 0 saturated carbocycles. The number of carbonyl (C=O) groups excluding carboxylic acids is 2. The van der Waals surface area contributed by atoms with Crippen molar-refractivity contribution in [3.8, 4) is 0 Å². The third-order valence-corrected chi connectivity index (χ3v) is 4.02. The molecular weight excluding hydrogens is 319 g/mol. The fraction of sp³-hybridized carbons (Fsp3) is 0.176. The topological polar surface area (TPSA) is 49.4 Å². The summed E-state index contributed by atoms with van der Waals surface area (Å²) in [4.78, 5) is 26.1. The van der Waals surface area contributed by atoms with Gasteiger partial charge < -0.3 is 10.2 Å².